The SMILES string of the molecule is CC(C)COc1nc(NCc2ncc[nH]2)ccc1N. The molecule has 0 aromatic carbocycles. The average Bonchev–Trinajstić information content (AvgIpc) is 2.89. The Morgan fingerprint density at radius 2 is 2.26 bits per heavy atom. The first-order chi connectivity index (χ1) is 9.15. The largest absolute Gasteiger partial charge is 0.476 e. The molecule has 0 amide bonds. The molecule has 2 aromatic rings. The number of anilines is 2. The molecule has 2 heterocycles. The highest BCUT2D eigenvalue weighted by Gasteiger charge is 2.06. The van der Waals surface area contributed by atoms with E-state index in [1.807, 2.05) is 6.07 Å². The first-order valence-electron chi connectivity index (χ1n) is 6.26. The van der Waals surface area contributed by atoms with Crippen molar-refractivity contribution < 1.29 is 4.74 Å². The van der Waals surface area contributed by atoms with Gasteiger partial charge in [-0.25, -0.2) is 4.98 Å². The van der Waals surface area contributed by atoms with E-state index in [9.17, 15) is 0 Å². The van der Waals surface area contributed by atoms with Crippen LogP contribution in [0.2, 0.25) is 0 Å². The number of nitrogens with zero attached hydrogens (tertiary/aromatic N) is 2. The van der Waals surface area contributed by atoms with Crippen LogP contribution in [0.4, 0.5) is 11.5 Å². The fourth-order valence-electron chi connectivity index (χ4n) is 1.48. The third-order valence-corrected chi connectivity index (χ3v) is 2.43. The minimum absolute atomic E-state index is 0.431. The van der Waals surface area contributed by atoms with Crippen molar-refractivity contribution in [2.75, 3.05) is 17.7 Å². The molecule has 0 bridgehead atoms. The number of aromatic amines is 1. The predicted octanol–water partition coefficient (Wildman–Crippen LogP) is 2.03. The summed E-state index contributed by atoms with van der Waals surface area (Å²) in [6, 6.07) is 3.60. The molecule has 0 radical (unpaired) electrons. The van der Waals surface area contributed by atoms with E-state index >= 15 is 0 Å². The molecule has 6 heteroatoms. The van der Waals surface area contributed by atoms with Crippen LogP contribution < -0.4 is 15.8 Å². The van der Waals surface area contributed by atoms with Gasteiger partial charge in [-0.15, -0.1) is 0 Å². The lowest BCUT2D eigenvalue weighted by Gasteiger charge is -2.11. The molecule has 0 atom stereocenters. The third-order valence-electron chi connectivity index (χ3n) is 2.43. The van der Waals surface area contributed by atoms with Crippen LogP contribution >= 0.6 is 0 Å². The van der Waals surface area contributed by atoms with Gasteiger partial charge in [0.1, 0.15) is 11.6 Å². The molecule has 19 heavy (non-hydrogen) atoms. The van der Waals surface area contributed by atoms with Crippen LogP contribution in [-0.2, 0) is 6.54 Å². The molecular weight excluding hydrogens is 242 g/mol. The van der Waals surface area contributed by atoms with Crippen molar-refractivity contribution in [1.82, 2.24) is 15.0 Å². The second-order valence-corrected chi connectivity index (χ2v) is 4.69. The number of hydrogen-bond acceptors (Lipinski definition) is 5. The number of imidazole rings is 1. The number of H-pyrrole nitrogens is 1. The van der Waals surface area contributed by atoms with Crippen LogP contribution in [-0.4, -0.2) is 21.6 Å². The third kappa shape index (κ3) is 3.87. The number of nitrogens with two attached hydrogens (primary N) is 1. The highest BCUT2D eigenvalue weighted by atomic mass is 16.5. The number of pyridine rings is 1. The average molecular weight is 261 g/mol. The number of aromatic nitrogens is 3. The second-order valence-electron chi connectivity index (χ2n) is 4.69. The molecule has 0 fully saturated rings. The van der Waals surface area contributed by atoms with Crippen LogP contribution in [0.3, 0.4) is 0 Å². The second kappa shape index (κ2) is 6.08. The Bertz CT molecular complexity index is 510. The maximum absolute atomic E-state index is 5.83. The molecule has 102 valence electrons. The number of nitrogen functional groups attached to an aromatic ring is 1. The van der Waals surface area contributed by atoms with E-state index in [2.05, 4.69) is 34.1 Å². The Morgan fingerprint density at radius 3 is 2.95 bits per heavy atom. The van der Waals surface area contributed by atoms with Gasteiger partial charge in [0.25, 0.3) is 0 Å². The number of nitrogens with one attached hydrogen (secondary N) is 2. The van der Waals surface area contributed by atoms with Gasteiger partial charge in [-0.2, -0.15) is 4.98 Å². The lowest BCUT2D eigenvalue weighted by Crippen LogP contribution is -2.09. The Labute approximate surface area is 112 Å². The lowest BCUT2D eigenvalue weighted by atomic mass is 10.2. The zero-order chi connectivity index (χ0) is 13.7. The smallest absolute Gasteiger partial charge is 0.239 e. The molecular formula is C13H19N5O. The lowest BCUT2D eigenvalue weighted by molar-refractivity contribution is 0.263. The zero-order valence-electron chi connectivity index (χ0n) is 11.2. The predicted molar refractivity (Wildman–Crippen MR) is 74.9 cm³/mol. The van der Waals surface area contributed by atoms with Crippen molar-refractivity contribution in [3.63, 3.8) is 0 Å². The zero-order valence-corrected chi connectivity index (χ0v) is 11.2. The van der Waals surface area contributed by atoms with Gasteiger partial charge in [0.2, 0.25) is 5.88 Å². The minimum atomic E-state index is 0.431. The van der Waals surface area contributed by atoms with E-state index in [0.717, 1.165) is 5.82 Å². The summed E-state index contributed by atoms with van der Waals surface area (Å²) in [7, 11) is 0. The molecule has 6 nitrogen and oxygen atoms in total. The van der Waals surface area contributed by atoms with E-state index in [4.69, 9.17) is 10.5 Å². The van der Waals surface area contributed by atoms with Gasteiger partial charge in [0.15, 0.2) is 0 Å². The molecule has 0 aliphatic heterocycles. The van der Waals surface area contributed by atoms with Gasteiger partial charge < -0.3 is 20.8 Å². The van der Waals surface area contributed by atoms with Crippen LogP contribution in [0.5, 0.6) is 5.88 Å². The van der Waals surface area contributed by atoms with Gasteiger partial charge in [0, 0.05) is 12.4 Å². The Hall–Kier alpha value is -2.24. The normalized spacial score (nSPS) is 10.7. The monoisotopic (exact) mass is 261 g/mol. The summed E-state index contributed by atoms with van der Waals surface area (Å²) in [5.74, 6) is 2.46. The minimum Gasteiger partial charge on any atom is -0.476 e. The topological polar surface area (TPSA) is 88.8 Å². The molecule has 0 saturated carbocycles. The van der Waals surface area contributed by atoms with E-state index in [0.29, 0.717) is 36.5 Å². The molecule has 2 aromatic heterocycles. The molecule has 2 rings (SSSR count). The van der Waals surface area contributed by atoms with Gasteiger partial charge in [-0.05, 0) is 18.1 Å². The molecule has 4 N–H and O–H groups in total. The van der Waals surface area contributed by atoms with E-state index < -0.39 is 0 Å². The highest BCUT2D eigenvalue weighted by molar-refractivity contribution is 5.53. The van der Waals surface area contributed by atoms with Crippen LogP contribution in [0.1, 0.15) is 19.7 Å². The van der Waals surface area contributed by atoms with Crippen LogP contribution in [0.15, 0.2) is 24.5 Å². The van der Waals surface area contributed by atoms with Crippen molar-refractivity contribution in [2.24, 2.45) is 5.92 Å². The number of hydrogen-bond donors (Lipinski definition) is 3. The number of rotatable bonds is 6. The summed E-state index contributed by atoms with van der Waals surface area (Å²) in [6.45, 7) is 5.33. The Balaban J connectivity index is 1.99. The molecule has 0 aliphatic carbocycles. The van der Waals surface area contributed by atoms with Crippen molar-refractivity contribution >= 4 is 11.5 Å². The summed E-state index contributed by atoms with van der Waals surface area (Å²) in [4.78, 5) is 11.5. The molecule has 0 aliphatic rings. The summed E-state index contributed by atoms with van der Waals surface area (Å²) < 4.78 is 5.58. The first-order valence-corrected chi connectivity index (χ1v) is 6.26. The first kappa shape index (κ1) is 13.2. The van der Waals surface area contributed by atoms with E-state index in [-0.39, 0.29) is 0 Å². The molecule has 0 unspecified atom stereocenters. The van der Waals surface area contributed by atoms with Gasteiger partial charge in [0.05, 0.1) is 18.8 Å². The number of ether oxygens (including phenoxy) is 1. The van der Waals surface area contributed by atoms with Gasteiger partial charge >= 0.3 is 0 Å². The Kier molecular flexibility index (Phi) is 4.22. The van der Waals surface area contributed by atoms with E-state index in [1.165, 1.54) is 0 Å². The van der Waals surface area contributed by atoms with Crippen LogP contribution in [0, 0.1) is 5.92 Å². The maximum atomic E-state index is 5.83. The van der Waals surface area contributed by atoms with E-state index in [1.54, 1.807) is 18.5 Å². The fourth-order valence-corrected chi connectivity index (χ4v) is 1.48. The van der Waals surface area contributed by atoms with Crippen molar-refractivity contribution in [3.05, 3.63) is 30.4 Å². The fraction of sp³-hybridized carbons (Fsp3) is 0.385. The summed E-state index contributed by atoms with van der Waals surface area (Å²) in [5.41, 5.74) is 6.38. The van der Waals surface area contributed by atoms with Gasteiger partial charge in [-0.1, -0.05) is 13.8 Å². The Morgan fingerprint density at radius 1 is 1.42 bits per heavy atom. The van der Waals surface area contributed by atoms with Crippen molar-refractivity contribution in [1.29, 1.82) is 0 Å². The summed E-state index contributed by atoms with van der Waals surface area (Å²) in [6.07, 6.45) is 3.50. The van der Waals surface area contributed by atoms with Gasteiger partial charge in [-0.3, -0.25) is 0 Å². The highest BCUT2D eigenvalue weighted by Crippen LogP contribution is 2.21. The quantitative estimate of drug-likeness (QED) is 0.740. The molecule has 0 saturated heterocycles. The standard InChI is InChI=1S/C13H19N5O/c1-9(2)8-19-13-10(14)3-4-11(18-13)17-7-12-15-5-6-16-12/h3-6,9H,7-8,14H2,1-2H3,(H,15,16)(H,17,18). The summed E-state index contributed by atoms with van der Waals surface area (Å²) >= 11 is 0. The van der Waals surface area contributed by atoms with Crippen LogP contribution in [0.25, 0.3) is 0 Å². The maximum Gasteiger partial charge on any atom is 0.239 e. The molecule has 0 spiro atoms. The van der Waals surface area contributed by atoms with Crippen molar-refractivity contribution in [2.45, 2.75) is 20.4 Å². The summed E-state index contributed by atoms with van der Waals surface area (Å²) in [5, 5.41) is 3.16. The van der Waals surface area contributed by atoms with Crippen molar-refractivity contribution in [3.8, 4) is 5.88 Å².